The van der Waals surface area contributed by atoms with E-state index in [4.69, 9.17) is 16.3 Å². The van der Waals surface area contributed by atoms with Crippen LogP contribution < -0.4 is 15.4 Å². The predicted octanol–water partition coefficient (Wildman–Crippen LogP) is 4.44. The molecule has 0 fully saturated rings. The number of rotatable bonds is 7. The summed E-state index contributed by atoms with van der Waals surface area (Å²) in [7, 11) is 0. The van der Waals surface area contributed by atoms with Gasteiger partial charge in [0, 0.05) is 17.2 Å². The Morgan fingerprint density at radius 3 is 2.52 bits per heavy atom. The lowest BCUT2D eigenvalue weighted by molar-refractivity contribution is -0.153. The molecule has 0 heterocycles. The van der Waals surface area contributed by atoms with Gasteiger partial charge >= 0.3 is 6.18 Å². The van der Waals surface area contributed by atoms with E-state index in [0.717, 1.165) is 11.6 Å². The maximum absolute atomic E-state index is 12.4. The van der Waals surface area contributed by atoms with Gasteiger partial charge in [-0.05, 0) is 30.7 Å². The largest absolute Gasteiger partial charge is 0.482 e. The van der Waals surface area contributed by atoms with E-state index in [1.807, 2.05) is 30.3 Å². The quantitative estimate of drug-likeness (QED) is 0.643. The molecular formula is C20H18ClF3N2O3. The first kappa shape index (κ1) is 22.3. The van der Waals surface area contributed by atoms with E-state index in [1.54, 1.807) is 6.08 Å². The molecule has 2 amide bonds. The van der Waals surface area contributed by atoms with Crippen LogP contribution in [0.4, 0.5) is 18.9 Å². The summed E-state index contributed by atoms with van der Waals surface area (Å²) < 4.78 is 41.9. The highest BCUT2D eigenvalue weighted by Gasteiger charge is 2.29. The van der Waals surface area contributed by atoms with Gasteiger partial charge in [-0.25, -0.2) is 0 Å². The molecule has 2 aromatic rings. The maximum Gasteiger partial charge on any atom is 0.422 e. The second kappa shape index (κ2) is 9.97. The van der Waals surface area contributed by atoms with E-state index >= 15 is 0 Å². The molecule has 0 spiro atoms. The fraction of sp³-hybridized carbons (Fsp3) is 0.200. The zero-order valence-corrected chi connectivity index (χ0v) is 16.1. The van der Waals surface area contributed by atoms with Crippen LogP contribution in [0, 0.1) is 0 Å². The van der Waals surface area contributed by atoms with E-state index < -0.39 is 30.6 Å². The maximum atomic E-state index is 12.4. The number of anilines is 1. The molecule has 1 atom stereocenters. The third kappa shape index (κ3) is 7.87. The van der Waals surface area contributed by atoms with E-state index in [0.29, 0.717) is 0 Å². The molecular weight excluding hydrogens is 409 g/mol. The lowest BCUT2D eigenvalue weighted by atomic mass is 10.2. The van der Waals surface area contributed by atoms with Crippen molar-refractivity contribution in [1.29, 1.82) is 0 Å². The van der Waals surface area contributed by atoms with Crippen molar-refractivity contribution in [3.63, 3.8) is 0 Å². The van der Waals surface area contributed by atoms with E-state index in [-0.39, 0.29) is 16.5 Å². The van der Waals surface area contributed by atoms with Crippen LogP contribution in [-0.4, -0.2) is 30.6 Å². The SMILES string of the molecule is CC(NC(=O)/C=C/c1ccccc1)C(=O)Nc1ccc(Cl)cc1OCC(F)(F)F. The van der Waals surface area contributed by atoms with Gasteiger partial charge in [0.25, 0.3) is 0 Å². The summed E-state index contributed by atoms with van der Waals surface area (Å²) in [5.74, 6) is -1.36. The van der Waals surface area contributed by atoms with Crippen LogP contribution in [0.3, 0.4) is 0 Å². The van der Waals surface area contributed by atoms with Gasteiger partial charge in [-0.15, -0.1) is 0 Å². The number of hydrogen-bond donors (Lipinski definition) is 2. The standard InChI is InChI=1S/C20H18ClF3N2O3/c1-13(25-18(27)10-7-14-5-3-2-4-6-14)19(28)26-16-9-8-15(21)11-17(16)29-12-20(22,23)24/h2-11,13H,12H2,1H3,(H,25,27)(H,26,28)/b10-7+. The molecule has 2 aromatic carbocycles. The number of nitrogens with one attached hydrogen (secondary N) is 2. The van der Waals surface area contributed by atoms with Crippen molar-refractivity contribution in [1.82, 2.24) is 5.32 Å². The smallest absolute Gasteiger partial charge is 0.422 e. The number of ether oxygens (including phenoxy) is 1. The van der Waals surface area contributed by atoms with Crippen molar-refractivity contribution in [2.75, 3.05) is 11.9 Å². The Bertz CT molecular complexity index is 886. The molecule has 154 valence electrons. The minimum Gasteiger partial charge on any atom is -0.482 e. The third-order valence-corrected chi connectivity index (χ3v) is 3.81. The Labute approximate surface area is 170 Å². The summed E-state index contributed by atoms with van der Waals surface area (Å²) in [5.41, 5.74) is 0.817. The number of amides is 2. The number of hydrogen-bond acceptors (Lipinski definition) is 3. The van der Waals surface area contributed by atoms with Gasteiger partial charge in [-0.2, -0.15) is 13.2 Å². The fourth-order valence-corrected chi connectivity index (χ4v) is 2.34. The molecule has 0 aromatic heterocycles. The van der Waals surface area contributed by atoms with Crippen molar-refractivity contribution in [2.24, 2.45) is 0 Å². The van der Waals surface area contributed by atoms with E-state index in [1.165, 1.54) is 25.1 Å². The van der Waals surface area contributed by atoms with Gasteiger partial charge in [0.15, 0.2) is 6.61 Å². The van der Waals surface area contributed by atoms with E-state index in [2.05, 4.69) is 10.6 Å². The molecule has 0 radical (unpaired) electrons. The van der Waals surface area contributed by atoms with Crippen LogP contribution in [0.5, 0.6) is 5.75 Å². The Hall–Kier alpha value is -3.00. The summed E-state index contributed by atoms with van der Waals surface area (Å²) >= 11 is 5.78. The Kier molecular flexibility index (Phi) is 7.67. The second-order valence-corrected chi connectivity index (χ2v) is 6.44. The number of halogens is 4. The number of carbonyl (C=O) groups is 2. The van der Waals surface area contributed by atoms with Crippen LogP contribution >= 0.6 is 11.6 Å². The van der Waals surface area contributed by atoms with Gasteiger partial charge in [-0.3, -0.25) is 9.59 Å². The first-order valence-electron chi connectivity index (χ1n) is 8.47. The second-order valence-electron chi connectivity index (χ2n) is 6.01. The zero-order chi connectivity index (χ0) is 21.4. The average molecular weight is 427 g/mol. The topological polar surface area (TPSA) is 67.4 Å². The molecule has 0 bridgehead atoms. The van der Waals surface area contributed by atoms with Crippen LogP contribution in [0.15, 0.2) is 54.6 Å². The Balaban J connectivity index is 1.98. The van der Waals surface area contributed by atoms with Crippen molar-refractivity contribution >= 4 is 35.2 Å². The Morgan fingerprint density at radius 1 is 1.17 bits per heavy atom. The fourth-order valence-electron chi connectivity index (χ4n) is 2.18. The molecule has 0 saturated heterocycles. The van der Waals surface area contributed by atoms with E-state index in [9.17, 15) is 22.8 Å². The van der Waals surface area contributed by atoms with Gasteiger partial charge in [0.05, 0.1) is 5.69 Å². The molecule has 0 aliphatic carbocycles. The van der Waals surface area contributed by atoms with Crippen LogP contribution in [0.1, 0.15) is 12.5 Å². The van der Waals surface area contributed by atoms with Gasteiger partial charge < -0.3 is 15.4 Å². The van der Waals surface area contributed by atoms with Gasteiger partial charge in [0.1, 0.15) is 11.8 Å². The summed E-state index contributed by atoms with van der Waals surface area (Å²) in [6.07, 6.45) is -1.68. The average Bonchev–Trinajstić information content (AvgIpc) is 2.66. The van der Waals surface area contributed by atoms with Crippen LogP contribution in [0.2, 0.25) is 5.02 Å². The lowest BCUT2D eigenvalue weighted by Gasteiger charge is -2.17. The summed E-state index contributed by atoms with van der Waals surface area (Å²) in [5, 5.41) is 5.04. The minimum absolute atomic E-state index is 0.00424. The monoisotopic (exact) mass is 426 g/mol. The third-order valence-electron chi connectivity index (χ3n) is 3.57. The van der Waals surface area contributed by atoms with Gasteiger partial charge in [-0.1, -0.05) is 41.9 Å². The molecule has 29 heavy (non-hydrogen) atoms. The zero-order valence-electron chi connectivity index (χ0n) is 15.3. The van der Waals surface area contributed by atoms with Gasteiger partial charge in [0.2, 0.25) is 11.8 Å². The summed E-state index contributed by atoms with van der Waals surface area (Å²) in [6.45, 7) is -0.0947. The first-order chi connectivity index (χ1) is 13.6. The molecule has 9 heteroatoms. The van der Waals surface area contributed by atoms with Crippen molar-refractivity contribution in [3.8, 4) is 5.75 Å². The minimum atomic E-state index is -4.55. The molecule has 0 aliphatic heterocycles. The normalized spacial score (nSPS) is 12.4. The predicted molar refractivity (Wildman–Crippen MR) is 105 cm³/mol. The molecule has 2 N–H and O–H groups in total. The highest BCUT2D eigenvalue weighted by atomic mass is 35.5. The number of alkyl halides is 3. The Morgan fingerprint density at radius 2 is 1.86 bits per heavy atom. The molecule has 0 aliphatic rings. The highest BCUT2D eigenvalue weighted by molar-refractivity contribution is 6.30. The molecule has 0 saturated carbocycles. The van der Waals surface area contributed by atoms with Crippen LogP contribution in [0.25, 0.3) is 6.08 Å². The molecule has 5 nitrogen and oxygen atoms in total. The van der Waals surface area contributed by atoms with Crippen LogP contribution in [-0.2, 0) is 9.59 Å². The molecule has 1 unspecified atom stereocenters. The molecule has 2 rings (SSSR count). The summed E-state index contributed by atoms with van der Waals surface area (Å²) in [6, 6.07) is 12.0. The summed E-state index contributed by atoms with van der Waals surface area (Å²) in [4.78, 5) is 24.3. The first-order valence-corrected chi connectivity index (χ1v) is 8.85. The number of benzene rings is 2. The lowest BCUT2D eigenvalue weighted by Crippen LogP contribution is -2.40. The number of carbonyl (C=O) groups excluding carboxylic acids is 2. The van der Waals surface area contributed by atoms with Crippen molar-refractivity contribution in [2.45, 2.75) is 19.1 Å². The van der Waals surface area contributed by atoms with Crippen molar-refractivity contribution in [3.05, 3.63) is 65.2 Å². The van der Waals surface area contributed by atoms with Crippen molar-refractivity contribution < 1.29 is 27.5 Å². The highest BCUT2D eigenvalue weighted by Crippen LogP contribution is 2.30.